The van der Waals surface area contributed by atoms with Gasteiger partial charge in [-0.1, -0.05) is 13.8 Å². The van der Waals surface area contributed by atoms with Crippen molar-refractivity contribution in [2.75, 3.05) is 20.1 Å². The van der Waals surface area contributed by atoms with E-state index < -0.39 is 0 Å². The zero-order chi connectivity index (χ0) is 12.4. The molecule has 1 aliphatic carbocycles. The van der Waals surface area contributed by atoms with Crippen molar-refractivity contribution in [2.24, 2.45) is 11.8 Å². The summed E-state index contributed by atoms with van der Waals surface area (Å²) in [5, 5.41) is 13.5. The van der Waals surface area contributed by atoms with Crippen molar-refractivity contribution in [3.8, 4) is 0 Å². The van der Waals surface area contributed by atoms with Crippen LogP contribution >= 0.6 is 0 Å². The lowest BCUT2D eigenvalue weighted by atomic mass is 9.78. The van der Waals surface area contributed by atoms with Crippen LogP contribution in [0.5, 0.6) is 0 Å². The Kier molecular flexibility index (Phi) is 4.45. The maximum atomic E-state index is 10.1. The first-order chi connectivity index (χ1) is 8.13. The summed E-state index contributed by atoms with van der Waals surface area (Å²) in [6, 6.07) is 1.35. The summed E-state index contributed by atoms with van der Waals surface area (Å²) in [6.07, 6.45) is 4.60. The van der Waals surface area contributed by atoms with Crippen molar-refractivity contribution < 1.29 is 5.11 Å². The number of aliphatic hydroxyl groups is 1. The van der Waals surface area contributed by atoms with E-state index in [0.717, 1.165) is 31.3 Å². The molecule has 3 heteroatoms. The monoisotopic (exact) mass is 240 g/mol. The zero-order valence-electron chi connectivity index (χ0n) is 11.5. The molecule has 1 heterocycles. The van der Waals surface area contributed by atoms with Crippen LogP contribution in [-0.4, -0.2) is 48.3 Å². The minimum Gasteiger partial charge on any atom is -0.393 e. The van der Waals surface area contributed by atoms with Crippen LogP contribution in [0.1, 0.15) is 39.5 Å². The van der Waals surface area contributed by atoms with Crippen LogP contribution < -0.4 is 5.32 Å². The van der Waals surface area contributed by atoms with E-state index >= 15 is 0 Å². The van der Waals surface area contributed by atoms with E-state index in [2.05, 4.69) is 24.1 Å². The normalized spacial score (nSPS) is 40.9. The molecule has 2 aliphatic rings. The van der Waals surface area contributed by atoms with Crippen molar-refractivity contribution in [1.82, 2.24) is 10.2 Å². The van der Waals surface area contributed by atoms with Gasteiger partial charge in [0.15, 0.2) is 0 Å². The van der Waals surface area contributed by atoms with Gasteiger partial charge in [-0.3, -0.25) is 4.90 Å². The Morgan fingerprint density at radius 3 is 2.53 bits per heavy atom. The summed E-state index contributed by atoms with van der Waals surface area (Å²) >= 11 is 0. The quantitative estimate of drug-likeness (QED) is 0.781. The average Bonchev–Trinajstić information content (AvgIpc) is 2.33. The van der Waals surface area contributed by atoms with Gasteiger partial charge < -0.3 is 10.4 Å². The van der Waals surface area contributed by atoms with Crippen molar-refractivity contribution in [1.29, 1.82) is 0 Å². The fraction of sp³-hybridized carbons (Fsp3) is 1.00. The highest BCUT2D eigenvalue weighted by Crippen LogP contribution is 2.34. The highest BCUT2D eigenvalue weighted by molar-refractivity contribution is 4.93. The molecule has 1 saturated carbocycles. The number of aliphatic hydroxyl groups excluding tert-OH is 1. The van der Waals surface area contributed by atoms with Crippen molar-refractivity contribution in [3.63, 3.8) is 0 Å². The molecule has 3 atom stereocenters. The molecular formula is C14H28N2O. The Hall–Kier alpha value is -0.120. The minimum absolute atomic E-state index is 0.119. The van der Waals surface area contributed by atoms with Crippen LogP contribution in [0.4, 0.5) is 0 Å². The lowest BCUT2D eigenvalue weighted by Gasteiger charge is -2.48. The molecule has 0 aromatic carbocycles. The second kappa shape index (κ2) is 5.68. The van der Waals surface area contributed by atoms with E-state index in [9.17, 15) is 5.11 Å². The summed E-state index contributed by atoms with van der Waals surface area (Å²) in [4.78, 5) is 2.62. The predicted octanol–water partition coefficient (Wildman–Crippen LogP) is 1.47. The number of nitrogens with one attached hydrogen (secondary N) is 1. The van der Waals surface area contributed by atoms with Crippen LogP contribution in [0.15, 0.2) is 0 Å². The van der Waals surface area contributed by atoms with Crippen molar-refractivity contribution in [2.45, 2.75) is 57.7 Å². The van der Waals surface area contributed by atoms with Gasteiger partial charge in [0.05, 0.1) is 6.10 Å². The largest absolute Gasteiger partial charge is 0.393 e. The van der Waals surface area contributed by atoms with Gasteiger partial charge in [0.1, 0.15) is 0 Å². The molecule has 2 fully saturated rings. The summed E-state index contributed by atoms with van der Waals surface area (Å²) in [7, 11) is 2.05. The molecule has 17 heavy (non-hydrogen) atoms. The standard InChI is InChI=1S/C14H28N2O/c1-4-14(17)11-7-12(15-3)9-16(8-11)13-5-10(2)6-13/h10-15,17H,4-9H2,1-3H3. The van der Waals surface area contributed by atoms with Gasteiger partial charge in [0.2, 0.25) is 0 Å². The number of nitrogens with zero attached hydrogens (tertiary/aromatic N) is 1. The van der Waals surface area contributed by atoms with E-state index in [-0.39, 0.29) is 6.10 Å². The third-order valence-corrected chi connectivity index (χ3v) is 4.75. The van der Waals surface area contributed by atoms with E-state index in [4.69, 9.17) is 0 Å². The van der Waals surface area contributed by atoms with Gasteiger partial charge in [-0.25, -0.2) is 0 Å². The maximum Gasteiger partial charge on any atom is 0.0578 e. The Labute approximate surface area is 106 Å². The zero-order valence-corrected chi connectivity index (χ0v) is 11.5. The smallest absolute Gasteiger partial charge is 0.0578 e. The first-order valence-electron chi connectivity index (χ1n) is 7.23. The summed E-state index contributed by atoms with van der Waals surface area (Å²) in [5.74, 6) is 1.37. The first-order valence-corrected chi connectivity index (χ1v) is 7.23. The molecule has 2 N–H and O–H groups in total. The molecule has 0 bridgehead atoms. The van der Waals surface area contributed by atoms with Crippen LogP contribution in [-0.2, 0) is 0 Å². The molecule has 0 spiro atoms. The fourth-order valence-electron chi connectivity index (χ4n) is 3.45. The SMILES string of the molecule is CCC(O)C1CC(NC)CN(C2CC(C)C2)C1. The molecule has 0 aromatic rings. The third kappa shape index (κ3) is 3.01. The van der Waals surface area contributed by atoms with Gasteiger partial charge in [-0.15, -0.1) is 0 Å². The van der Waals surface area contributed by atoms with Gasteiger partial charge in [0, 0.05) is 25.2 Å². The number of rotatable bonds is 4. The van der Waals surface area contributed by atoms with Gasteiger partial charge in [0.25, 0.3) is 0 Å². The van der Waals surface area contributed by atoms with E-state index in [1.54, 1.807) is 0 Å². The number of hydrogen-bond donors (Lipinski definition) is 2. The van der Waals surface area contributed by atoms with Crippen molar-refractivity contribution >= 4 is 0 Å². The van der Waals surface area contributed by atoms with Crippen molar-refractivity contribution in [3.05, 3.63) is 0 Å². The molecular weight excluding hydrogens is 212 g/mol. The Bertz CT molecular complexity index is 240. The van der Waals surface area contributed by atoms with E-state index in [1.807, 2.05) is 7.05 Å². The van der Waals surface area contributed by atoms with Crippen LogP contribution in [0, 0.1) is 11.8 Å². The Morgan fingerprint density at radius 1 is 1.29 bits per heavy atom. The lowest BCUT2D eigenvalue weighted by Crippen LogP contribution is -2.56. The van der Waals surface area contributed by atoms with Crippen LogP contribution in [0.25, 0.3) is 0 Å². The third-order valence-electron chi connectivity index (χ3n) is 4.75. The summed E-state index contributed by atoms with van der Waals surface area (Å²) in [6.45, 7) is 6.70. The molecule has 100 valence electrons. The average molecular weight is 240 g/mol. The first kappa shape index (κ1) is 13.3. The fourth-order valence-corrected chi connectivity index (χ4v) is 3.45. The predicted molar refractivity (Wildman–Crippen MR) is 71.0 cm³/mol. The number of likely N-dealkylation sites (N-methyl/N-ethyl adjacent to an activating group) is 1. The molecule has 0 radical (unpaired) electrons. The molecule has 3 unspecified atom stereocenters. The molecule has 0 amide bonds. The van der Waals surface area contributed by atoms with Gasteiger partial charge in [-0.05, 0) is 44.6 Å². The number of hydrogen-bond acceptors (Lipinski definition) is 3. The molecule has 2 rings (SSSR count). The number of piperidine rings is 1. The highest BCUT2D eigenvalue weighted by Gasteiger charge is 2.37. The Balaban J connectivity index is 1.92. The van der Waals surface area contributed by atoms with Gasteiger partial charge in [-0.2, -0.15) is 0 Å². The molecule has 1 saturated heterocycles. The Morgan fingerprint density at radius 2 is 2.00 bits per heavy atom. The molecule has 1 aliphatic heterocycles. The summed E-state index contributed by atoms with van der Waals surface area (Å²) in [5.41, 5.74) is 0. The minimum atomic E-state index is -0.119. The molecule has 0 aromatic heterocycles. The van der Waals surface area contributed by atoms with Crippen LogP contribution in [0.3, 0.4) is 0 Å². The highest BCUT2D eigenvalue weighted by atomic mass is 16.3. The second-order valence-corrected chi connectivity index (χ2v) is 6.14. The van der Waals surface area contributed by atoms with Crippen LogP contribution in [0.2, 0.25) is 0 Å². The van der Waals surface area contributed by atoms with E-state index in [0.29, 0.717) is 12.0 Å². The molecule has 3 nitrogen and oxygen atoms in total. The second-order valence-electron chi connectivity index (χ2n) is 6.14. The lowest BCUT2D eigenvalue weighted by molar-refractivity contribution is -0.00818. The maximum absolute atomic E-state index is 10.1. The van der Waals surface area contributed by atoms with E-state index in [1.165, 1.54) is 19.4 Å². The summed E-state index contributed by atoms with van der Waals surface area (Å²) < 4.78 is 0. The topological polar surface area (TPSA) is 35.5 Å². The van der Waals surface area contributed by atoms with Gasteiger partial charge >= 0.3 is 0 Å². The number of likely N-dealkylation sites (tertiary alicyclic amines) is 1.